The van der Waals surface area contributed by atoms with Crippen molar-refractivity contribution in [1.82, 2.24) is 14.8 Å². The van der Waals surface area contributed by atoms with Gasteiger partial charge in [-0.25, -0.2) is 4.39 Å². The second-order valence-electron chi connectivity index (χ2n) is 6.68. The number of aliphatic hydroxyl groups excluding tert-OH is 1. The Morgan fingerprint density at radius 1 is 1.19 bits per heavy atom. The van der Waals surface area contributed by atoms with Crippen LogP contribution in [-0.2, 0) is 13.1 Å². The molecule has 0 saturated carbocycles. The van der Waals surface area contributed by atoms with Crippen molar-refractivity contribution in [2.45, 2.75) is 25.6 Å². The number of benzene rings is 1. The number of halogens is 1. The number of pyridine rings is 1. The van der Waals surface area contributed by atoms with E-state index in [9.17, 15) is 9.50 Å². The first-order valence-electron chi connectivity index (χ1n) is 8.98. The maximum atomic E-state index is 14.3. The predicted molar refractivity (Wildman–Crippen MR) is 98.4 cm³/mol. The summed E-state index contributed by atoms with van der Waals surface area (Å²) in [7, 11) is 1.54. The van der Waals surface area contributed by atoms with Crippen molar-refractivity contribution in [3.05, 3.63) is 59.7 Å². The Morgan fingerprint density at radius 2 is 2.00 bits per heavy atom. The molecule has 1 saturated heterocycles. The molecule has 1 aromatic heterocycles. The van der Waals surface area contributed by atoms with Crippen molar-refractivity contribution in [1.29, 1.82) is 0 Å². The van der Waals surface area contributed by atoms with E-state index in [1.165, 1.54) is 18.7 Å². The van der Waals surface area contributed by atoms with Crippen molar-refractivity contribution < 1.29 is 14.2 Å². The quantitative estimate of drug-likeness (QED) is 0.822. The van der Waals surface area contributed by atoms with E-state index >= 15 is 0 Å². The molecule has 3 rings (SSSR count). The van der Waals surface area contributed by atoms with Gasteiger partial charge in [0.05, 0.1) is 7.11 Å². The fourth-order valence-corrected chi connectivity index (χ4v) is 3.48. The van der Waals surface area contributed by atoms with Crippen molar-refractivity contribution in [2.24, 2.45) is 0 Å². The van der Waals surface area contributed by atoms with Crippen LogP contribution in [0.4, 0.5) is 4.39 Å². The number of methoxy groups -OCH3 is 1. The Morgan fingerprint density at radius 3 is 2.69 bits per heavy atom. The molecule has 6 heteroatoms. The normalized spacial score (nSPS) is 18.8. The van der Waals surface area contributed by atoms with Gasteiger partial charge in [-0.1, -0.05) is 6.07 Å². The van der Waals surface area contributed by atoms with Crippen LogP contribution in [0.2, 0.25) is 0 Å². The Kier molecular flexibility index (Phi) is 6.55. The number of hydrogen-bond acceptors (Lipinski definition) is 5. The zero-order chi connectivity index (χ0) is 18.4. The smallest absolute Gasteiger partial charge is 0.131 e. The third kappa shape index (κ3) is 4.78. The summed E-state index contributed by atoms with van der Waals surface area (Å²) in [5.74, 6) is 0.284. The molecule has 0 unspecified atom stereocenters. The van der Waals surface area contributed by atoms with Crippen LogP contribution in [0.5, 0.6) is 5.75 Å². The van der Waals surface area contributed by atoms with Gasteiger partial charge in [-0.05, 0) is 30.2 Å². The van der Waals surface area contributed by atoms with E-state index in [0.29, 0.717) is 24.3 Å². The molecule has 1 aliphatic rings. The summed E-state index contributed by atoms with van der Waals surface area (Å²) in [4.78, 5) is 8.71. The largest absolute Gasteiger partial charge is 0.497 e. The van der Waals surface area contributed by atoms with E-state index in [1.807, 2.05) is 24.5 Å². The summed E-state index contributed by atoms with van der Waals surface area (Å²) < 4.78 is 19.4. The van der Waals surface area contributed by atoms with E-state index in [2.05, 4.69) is 14.8 Å². The molecular weight excluding hydrogens is 333 g/mol. The number of aliphatic hydroxyl groups is 1. The highest BCUT2D eigenvalue weighted by Crippen LogP contribution is 2.22. The van der Waals surface area contributed by atoms with Crippen LogP contribution in [0.1, 0.15) is 17.5 Å². The summed E-state index contributed by atoms with van der Waals surface area (Å²) in [5, 5.41) is 9.46. The van der Waals surface area contributed by atoms with Crippen LogP contribution in [-0.4, -0.2) is 59.3 Å². The number of hydrogen-bond donors (Lipinski definition) is 1. The van der Waals surface area contributed by atoms with E-state index in [0.717, 1.165) is 26.2 Å². The fourth-order valence-electron chi connectivity index (χ4n) is 3.48. The first kappa shape index (κ1) is 18.8. The lowest BCUT2D eigenvalue weighted by Crippen LogP contribution is -2.52. The van der Waals surface area contributed by atoms with E-state index in [4.69, 9.17) is 4.74 Å². The van der Waals surface area contributed by atoms with Gasteiger partial charge in [0, 0.05) is 69.4 Å². The van der Waals surface area contributed by atoms with Gasteiger partial charge >= 0.3 is 0 Å². The number of aromatic nitrogens is 1. The van der Waals surface area contributed by atoms with Gasteiger partial charge in [0.2, 0.25) is 0 Å². The van der Waals surface area contributed by atoms with Crippen molar-refractivity contribution in [2.75, 3.05) is 33.4 Å². The molecule has 0 spiro atoms. The maximum Gasteiger partial charge on any atom is 0.131 e. The van der Waals surface area contributed by atoms with Gasteiger partial charge in [0.15, 0.2) is 0 Å². The Bertz CT molecular complexity index is 699. The van der Waals surface area contributed by atoms with Gasteiger partial charge < -0.3 is 9.84 Å². The molecule has 2 aromatic rings. The van der Waals surface area contributed by atoms with Gasteiger partial charge in [-0.2, -0.15) is 0 Å². The molecule has 26 heavy (non-hydrogen) atoms. The molecule has 0 radical (unpaired) electrons. The van der Waals surface area contributed by atoms with Crippen molar-refractivity contribution in [3.63, 3.8) is 0 Å². The summed E-state index contributed by atoms with van der Waals surface area (Å²) in [5.41, 5.74) is 1.90. The first-order chi connectivity index (χ1) is 12.7. The van der Waals surface area contributed by atoms with Gasteiger partial charge in [0.25, 0.3) is 0 Å². The van der Waals surface area contributed by atoms with Crippen molar-refractivity contribution in [3.8, 4) is 5.75 Å². The Labute approximate surface area is 154 Å². The highest BCUT2D eigenvalue weighted by molar-refractivity contribution is 5.29. The van der Waals surface area contributed by atoms with E-state index in [-0.39, 0.29) is 18.5 Å². The number of nitrogens with zero attached hydrogens (tertiary/aromatic N) is 3. The van der Waals surface area contributed by atoms with Crippen LogP contribution < -0.4 is 4.74 Å². The predicted octanol–water partition coefficient (Wildman–Crippen LogP) is 2.30. The van der Waals surface area contributed by atoms with Gasteiger partial charge in [0.1, 0.15) is 11.6 Å². The second kappa shape index (κ2) is 9.07. The molecule has 0 bridgehead atoms. The lowest BCUT2D eigenvalue weighted by Gasteiger charge is -2.41. The molecule has 0 aliphatic carbocycles. The SMILES string of the molecule is COc1ccc(CN2CCN(Cc3ccncc3)C[C@H]2CCO)c(F)c1. The zero-order valence-corrected chi connectivity index (χ0v) is 15.1. The molecule has 2 heterocycles. The number of rotatable bonds is 7. The second-order valence-corrected chi connectivity index (χ2v) is 6.68. The highest BCUT2D eigenvalue weighted by atomic mass is 19.1. The molecule has 1 aromatic carbocycles. The first-order valence-corrected chi connectivity index (χ1v) is 8.98. The third-order valence-electron chi connectivity index (χ3n) is 4.94. The molecule has 5 nitrogen and oxygen atoms in total. The standard InChI is InChI=1S/C20H26FN3O2/c1-26-19-3-2-17(20(21)12-19)14-24-10-9-23(15-18(24)6-11-25)13-16-4-7-22-8-5-16/h2-5,7-8,12,18,25H,6,9-11,13-15H2,1H3/t18-/m1/s1. The van der Waals surface area contributed by atoms with Crippen molar-refractivity contribution >= 4 is 0 Å². The molecule has 1 fully saturated rings. The Balaban J connectivity index is 1.65. The molecule has 1 N–H and O–H groups in total. The Hall–Kier alpha value is -2.02. The van der Waals surface area contributed by atoms with Crippen LogP contribution in [0.25, 0.3) is 0 Å². The van der Waals surface area contributed by atoms with Gasteiger partial charge in [-0.3, -0.25) is 14.8 Å². The van der Waals surface area contributed by atoms with Crippen LogP contribution in [0.3, 0.4) is 0 Å². The van der Waals surface area contributed by atoms with Crippen LogP contribution in [0.15, 0.2) is 42.7 Å². The zero-order valence-electron chi connectivity index (χ0n) is 15.1. The summed E-state index contributed by atoms with van der Waals surface area (Å²) >= 11 is 0. The molecule has 140 valence electrons. The van der Waals surface area contributed by atoms with E-state index in [1.54, 1.807) is 12.1 Å². The molecule has 1 atom stereocenters. The minimum absolute atomic E-state index is 0.134. The lowest BCUT2D eigenvalue weighted by molar-refractivity contribution is 0.0493. The van der Waals surface area contributed by atoms with E-state index < -0.39 is 0 Å². The summed E-state index contributed by atoms with van der Waals surface area (Å²) in [6.45, 7) is 4.18. The highest BCUT2D eigenvalue weighted by Gasteiger charge is 2.27. The fraction of sp³-hybridized carbons (Fsp3) is 0.450. The molecular formula is C20H26FN3O2. The maximum absolute atomic E-state index is 14.3. The monoisotopic (exact) mass is 359 g/mol. The molecule has 0 amide bonds. The third-order valence-corrected chi connectivity index (χ3v) is 4.94. The average molecular weight is 359 g/mol. The topological polar surface area (TPSA) is 48.8 Å². The summed E-state index contributed by atoms with van der Waals surface area (Å²) in [6, 6.07) is 9.26. The van der Waals surface area contributed by atoms with Gasteiger partial charge in [-0.15, -0.1) is 0 Å². The molecule has 1 aliphatic heterocycles. The lowest BCUT2D eigenvalue weighted by atomic mass is 10.1. The number of piperazine rings is 1. The number of ether oxygens (including phenoxy) is 1. The summed E-state index contributed by atoms with van der Waals surface area (Å²) in [6.07, 6.45) is 4.30. The van der Waals surface area contributed by atoms with Crippen LogP contribution >= 0.6 is 0 Å². The minimum Gasteiger partial charge on any atom is -0.497 e. The minimum atomic E-state index is -0.244. The average Bonchev–Trinajstić information content (AvgIpc) is 2.66. The van der Waals surface area contributed by atoms with Crippen LogP contribution in [0, 0.1) is 5.82 Å².